The minimum absolute atomic E-state index is 0.216. The van der Waals surface area contributed by atoms with Crippen molar-refractivity contribution in [3.05, 3.63) is 29.3 Å². The van der Waals surface area contributed by atoms with Gasteiger partial charge in [0.2, 0.25) is 0 Å². The van der Waals surface area contributed by atoms with Gasteiger partial charge in [-0.1, -0.05) is 51.7 Å². The molecule has 1 aliphatic carbocycles. The van der Waals surface area contributed by atoms with E-state index in [1.165, 1.54) is 62.5 Å². The predicted molar refractivity (Wildman–Crippen MR) is 133 cm³/mol. The minimum atomic E-state index is -1.23. The van der Waals surface area contributed by atoms with Gasteiger partial charge in [-0.2, -0.15) is 0 Å². The third-order valence-corrected chi connectivity index (χ3v) is 8.43. The van der Waals surface area contributed by atoms with Crippen molar-refractivity contribution < 1.29 is 13.6 Å². The SMILES string of the molecule is CCCC(CC)c1ccc(OCCC[Si](OC(C)C)OC(C)C)c(C2CCCCC2)c1. The lowest BCUT2D eigenvalue weighted by Crippen LogP contribution is -2.29. The topological polar surface area (TPSA) is 27.7 Å². The molecule has 1 aromatic carbocycles. The average Bonchev–Trinajstić information content (AvgIpc) is 2.75. The van der Waals surface area contributed by atoms with Gasteiger partial charge in [-0.15, -0.1) is 0 Å². The summed E-state index contributed by atoms with van der Waals surface area (Å²) in [6, 6.07) is 8.05. The van der Waals surface area contributed by atoms with Crippen LogP contribution in [0.25, 0.3) is 0 Å². The van der Waals surface area contributed by atoms with Crippen molar-refractivity contribution in [2.75, 3.05) is 6.61 Å². The van der Waals surface area contributed by atoms with Crippen LogP contribution >= 0.6 is 0 Å². The second kappa shape index (κ2) is 14.3. The van der Waals surface area contributed by atoms with E-state index in [0.29, 0.717) is 11.8 Å². The molecule has 1 atom stereocenters. The van der Waals surface area contributed by atoms with Gasteiger partial charge in [0.15, 0.2) is 0 Å². The van der Waals surface area contributed by atoms with E-state index in [0.717, 1.165) is 24.8 Å². The molecule has 1 aliphatic rings. The summed E-state index contributed by atoms with van der Waals surface area (Å²) < 4.78 is 18.5. The minimum Gasteiger partial charge on any atom is -0.493 e. The zero-order valence-corrected chi connectivity index (χ0v) is 22.0. The van der Waals surface area contributed by atoms with Gasteiger partial charge in [-0.05, 0) is 94.9 Å². The monoisotopic (exact) mass is 447 g/mol. The standard InChI is InChI=1S/C27H47O3Si/c1-7-13-23(8-2)25-16-17-27(26(20-25)24-14-10-9-11-15-24)28-18-12-19-31(29-21(3)4)30-22(5)6/h16-17,20-24H,7-15,18-19H2,1-6H3. The molecule has 1 radical (unpaired) electrons. The highest BCUT2D eigenvalue weighted by Crippen LogP contribution is 2.40. The number of hydrogen-bond acceptors (Lipinski definition) is 3. The Bertz CT molecular complexity index is 600. The third kappa shape index (κ3) is 9.27. The molecule has 3 nitrogen and oxygen atoms in total. The molecule has 0 bridgehead atoms. The van der Waals surface area contributed by atoms with Gasteiger partial charge in [-0.3, -0.25) is 0 Å². The van der Waals surface area contributed by atoms with E-state index in [-0.39, 0.29) is 12.2 Å². The molecule has 1 saturated carbocycles. The van der Waals surface area contributed by atoms with Gasteiger partial charge in [0.1, 0.15) is 5.75 Å². The Morgan fingerprint density at radius 2 is 1.65 bits per heavy atom. The van der Waals surface area contributed by atoms with Crippen LogP contribution in [-0.4, -0.2) is 28.1 Å². The van der Waals surface area contributed by atoms with Crippen LogP contribution in [-0.2, 0) is 8.85 Å². The Morgan fingerprint density at radius 3 is 2.23 bits per heavy atom. The van der Waals surface area contributed by atoms with E-state index < -0.39 is 9.28 Å². The van der Waals surface area contributed by atoms with E-state index in [1.54, 1.807) is 0 Å². The van der Waals surface area contributed by atoms with Crippen LogP contribution in [0.5, 0.6) is 5.75 Å². The highest BCUT2D eigenvalue weighted by molar-refractivity contribution is 6.44. The number of benzene rings is 1. The van der Waals surface area contributed by atoms with E-state index in [4.69, 9.17) is 13.6 Å². The molecular formula is C27H47O3Si. The molecule has 31 heavy (non-hydrogen) atoms. The lowest BCUT2D eigenvalue weighted by molar-refractivity contribution is 0.128. The quantitative estimate of drug-likeness (QED) is 0.213. The molecule has 0 heterocycles. The molecule has 0 spiro atoms. The Kier molecular flexibility index (Phi) is 12.2. The second-order valence-corrected chi connectivity index (χ2v) is 11.4. The highest BCUT2D eigenvalue weighted by Gasteiger charge is 2.22. The second-order valence-electron chi connectivity index (χ2n) is 9.68. The summed E-state index contributed by atoms with van der Waals surface area (Å²) in [5, 5.41) is 0. The van der Waals surface area contributed by atoms with Gasteiger partial charge in [-0.25, -0.2) is 0 Å². The summed E-state index contributed by atoms with van der Waals surface area (Å²) in [5.41, 5.74) is 2.98. The molecule has 0 saturated heterocycles. The fourth-order valence-electron chi connectivity index (χ4n) is 4.71. The first kappa shape index (κ1) is 26.4. The molecule has 1 fully saturated rings. The van der Waals surface area contributed by atoms with Crippen LogP contribution in [0.4, 0.5) is 0 Å². The normalized spacial score (nSPS) is 16.4. The number of ether oxygens (including phenoxy) is 1. The Hall–Kier alpha value is -0.843. The Morgan fingerprint density at radius 1 is 0.968 bits per heavy atom. The van der Waals surface area contributed by atoms with Crippen molar-refractivity contribution in [2.45, 2.75) is 129 Å². The number of hydrogen-bond donors (Lipinski definition) is 0. The lowest BCUT2D eigenvalue weighted by Gasteiger charge is -2.26. The van der Waals surface area contributed by atoms with Gasteiger partial charge < -0.3 is 13.6 Å². The lowest BCUT2D eigenvalue weighted by atomic mass is 9.81. The van der Waals surface area contributed by atoms with Gasteiger partial charge >= 0.3 is 9.28 Å². The fraction of sp³-hybridized carbons (Fsp3) is 0.778. The molecule has 0 amide bonds. The van der Waals surface area contributed by atoms with Crippen molar-refractivity contribution in [3.63, 3.8) is 0 Å². The molecule has 0 aromatic heterocycles. The Labute approximate surface area is 194 Å². The molecule has 4 heteroatoms. The fourth-order valence-corrected chi connectivity index (χ4v) is 6.49. The van der Waals surface area contributed by atoms with Crippen LogP contribution in [0.1, 0.15) is 122 Å². The van der Waals surface area contributed by atoms with Crippen LogP contribution in [0, 0.1) is 0 Å². The summed E-state index contributed by atoms with van der Waals surface area (Å²) in [7, 11) is -1.23. The largest absolute Gasteiger partial charge is 0.493 e. The summed E-state index contributed by atoms with van der Waals surface area (Å²) in [6.45, 7) is 13.7. The molecule has 1 unspecified atom stereocenters. The van der Waals surface area contributed by atoms with Crippen molar-refractivity contribution >= 4 is 9.28 Å². The summed E-state index contributed by atoms with van der Waals surface area (Å²) in [5.74, 6) is 2.45. The van der Waals surface area contributed by atoms with Crippen LogP contribution in [0.3, 0.4) is 0 Å². The molecule has 2 rings (SSSR count). The van der Waals surface area contributed by atoms with Crippen molar-refractivity contribution in [3.8, 4) is 5.75 Å². The highest BCUT2D eigenvalue weighted by atomic mass is 28.3. The first-order valence-electron chi connectivity index (χ1n) is 12.9. The number of rotatable bonds is 14. The van der Waals surface area contributed by atoms with E-state index >= 15 is 0 Å². The summed E-state index contributed by atoms with van der Waals surface area (Å²) in [4.78, 5) is 0. The molecular weight excluding hydrogens is 400 g/mol. The predicted octanol–water partition coefficient (Wildman–Crippen LogP) is 8.14. The average molecular weight is 448 g/mol. The van der Waals surface area contributed by atoms with Crippen LogP contribution in [0.15, 0.2) is 18.2 Å². The molecule has 177 valence electrons. The van der Waals surface area contributed by atoms with Crippen molar-refractivity contribution in [2.24, 2.45) is 0 Å². The molecule has 1 aromatic rings. The maximum Gasteiger partial charge on any atom is 0.385 e. The van der Waals surface area contributed by atoms with Crippen molar-refractivity contribution in [1.82, 2.24) is 0 Å². The first-order valence-corrected chi connectivity index (χ1v) is 14.4. The molecule has 0 aliphatic heterocycles. The van der Waals surface area contributed by atoms with Crippen LogP contribution < -0.4 is 4.74 Å². The molecule has 0 N–H and O–H groups in total. The van der Waals surface area contributed by atoms with Crippen molar-refractivity contribution in [1.29, 1.82) is 0 Å². The smallest absolute Gasteiger partial charge is 0.385 e. The summed E-state index contributed by atoms with van der Waals surface area (Å²) >= 11 is 0. The van der Waals surface area contributed by atoms with Gasteiger partial charge in [0, 0.05) is 12.2 Å². The van der Waals surface area contributed by atoms with Gasteiger partial charge in [0.25, 0.3) is 0 Å². The Balaban J connectivity index is 2.04. The van der Waals surface area contributed by atoms with E-state index in [2.05, 4.69) is 59.7 Å². The summed E-state index contributed by atoms with van der Waals surface area (Å²) in [6.07, 6.45) is 11.9. The van der Waals surface area contributed by atoms with E-state index in [1.807, 2.05) is 0 Å². The van der Waals surface area contributed by atoms with E-state index in [9.17, 15) is 0 Å². The first-order chi connectivity index (χ1) is 14.9. The maximum atomic E-state index is 6.38. The van der Waals surface area contributed by atoms with Crippen LogP contribution in [0.2, 0.25) is 6.04 Å². The van der Waals surface area contributed by atoms with Gasteiger partial charge in [0.05, 0.1) is 6.61 Å². The zero-order chi connectivity index (χ0) is 22.6. The maximum absolute atomic E-state index is 6.38. The zero-order valence-electron chi connectivity index (χ0n) is 21.0. The third-order valence-electron chi connectivity index (χ3n) is 6.20.